The Morgan fingerprint density at radius 2 is 1.65 bits per heavy atom. The molecule has 8 heteroatoms. The molecule has 0 heterocycles. The summed E-state index contributed by atoms with van der Waals surface area (Å²) in [5.74, 6) is 0. The monoisotopic (exact) mass is 312 g/mol. The summed E-state index contributed by atoms with van der Waals surface area (Å²) in [4.78, 5) is -0.0242. The Labute approximate surface area is 114 Å². The van der Waals surface area contributed by atoms with Crippen LogP contribution in [0.3, 0.4) is 0 Å². The molecule has 4 nitrogen and oxygen atoms in total. The van der Waals surface area contributed by atoms with Crippen LogP contribution in [-0.4, -0.2) is 36.7 Å². The highest BCUT2D eigenvalue weighted by atomic mass is 32.2. The van der Waals surface area contributed by atoms with Gasteiger partial charge in [0.1, 0.15) is 11.7 Å². The third kappa shape index (κ3) is 4.46. The second kappa shape index (κ2) is 5.34. The summed E-state index contributed by atoms with van der Waals surface area (Å²) >= 11 is 0. The number of aliphatic hydroxyl groups is 2. The summed E-state index contributed by atoms with van der Waals surface area (Å²) in [6.07, 6.45) is -7.00. The van der Waals surface area contributed by atoms with Crippen LogP contribution in [0.5, 0.6) is 0 Å². The van der Waals surface area contributed by atoms with Crippen LogP contribution in [0.4, 0.5) is 13.2 Å². The van der Waals surface area contributed by atoms with Crippen molar-refractivity contribution in [2.75, 3.05) is 6.26 Å². The average molecular weight is 312 g/mol. The molecule has 114 valence electrons. The van der Waals surface area contributed by atoms with Crippen molar-refractivity contribution < 1.29 is 31.8 Å². The molecule has 0 amide bonds. The van der Waals surface area contributed by atoms with Crippen LogP contribution in [0.1, 0.15) is 25.0 Å². The Bertz CT molecular complexity index is 561. The summed E-state index contributed by atoms with van der Waals surface area (Å²) in [7, 11) is -3.43. The zero-order valence-corrected chi connectivity index (χ0v) is 11.7. The fourth-order valence-corrected chi connectivity index (χ4v) is 2.39. The van der Waals surface area contributed by atoms with E-state index < -0.39 is 34.1 Å². The topological polar surface area (TPSA) is 74.6 Å². The lowest BCUT2D eigenvalue weighted by atomic mass is 9.90. The molecule has 1 rings (SSSR count). The number of benzene rings is 1. The summed E-state index contributed by atoms with van der Waals surface area (Å²) in [5, 5.41) is 19.5. The van der Waals surface area contributed by atoms with Crippen LogP contribution in [-0.2, 0) is 9.84 Å². The van der Waals surface area contributed by atoms with Gasteiger partial charge in [0.25, 0.3) is 0 Å². The number of hydrogen-bond donors (Lipinski definition) is 2. The van der Waals surface area contributed by atoms with Gasteiger partial charge in [-0.1, -0.05) is 12.1 Å². The minimum absolute atomic E-state index is 0.00616. The highest BCUT2D eigenvalue weighted by Crippen LogP contribution is 2.36. The Hall–Kier alpha value is -1.12. The highest BCUT2D eigenvalue weighted by molar-refractivity contribution is 7.90. The third-order valence-corrected chi connectivity index (χ3v) is 3.90. The fourth-order valence-electron chi connectivity index (χ4n) is 1.76. The predicted octanol–water partition coefficient (Wildman–Crippen LogP) is 1.83. The van der Waals surface area contributed by atoms with Crippen molar-refractivity contribution in [1.29, 1.82) is 0 Å². The third-order valence-electron chi connectivity index (χ3n) is 2.77. The molecule has 20 heavy (non-hydrogen) atoms. The van der Waals surface area contributed by atoms with Crippen LogP contribution < -0.4 is 0 Å². The largest absolute Gasteiger partial charge is 0.391 e. The van der Waals surface area contributed by atoms with E-state index in [1.165, 1.54) is 12.1 Å². The van der Waals surface area contributed by atoms with Gasteiger partial charge in [0, 0.05) is 6.26 Å². The van der Waals surface area contributed by atoms with Gasteiger partial charge in [-0.15, -0.1) is 0 Å². The van der Waals surface area contributed by atoms with Crippen molar-refractivity contribution in [2.45, 2.75) is 36.1 Å². The normalized spacial score (nSPS) is 17.6. The summed E-state index contributed by atoms with van der Waals surface area (Å²) in [6, 6.07) is 4.67. The molecule has 0 saturated carbocycles. The number of aliphatic hydroxyl groups excluding tert-OH is 1. The number of rotatable bonds is 4. The maximum atomic E-state index is 12.3. The fraction of sp³-hybridized carbons (Fsp3) is 0.500. The number of alkyl halides is 3. The Morgan fingerprint density at radius 3 is 2.00 bits per heavy atom. The van der Waals surface area contributed by atoms with E-state index in [0.717, 1.165) is 25.3 Å². The second-order valence-electron chi connectivity index (χ2n) is 4.89. The van der Waals surface area contributed by atoms with Crippen LogP contribution in [0.2, 0.25) is 0 Å². The van der Waals surface area contributed by atoms with Gasteiger partial charge in [-0.25, -0.2) is 8.42 Å². The van der Waals surface area contributed by atoms with E-state index >= 15 is 0 Å². The standard InChI is InChI=1S/C12H15F3O4S/c1-11(17,7-12(13,14)15)10(16)8-3-5-9(6-4-8)20(2,18)19/h3-6,10,16-17H,7H2,1-2H3/t10?,11-/m1/s1. The summed E-state index contributed by atoms with van der Waals surface area (Å²) in [5.41, 5.74) is -2.39. The molecule has 0 spiro atoms. The van der Waals surface area contributed by atoms with Crippen LogP contribution >= 0.6 is 0 Å². The molecule has 0 fully saturated rings. The lowest BCUT2D eigenvalue weighted by Crippen LogP contribution is -2.37. The van der Waals surface area contributed by atoms with Crippen molar-refractivity contribution in [3.8, 4) is 0 Å². The smallest absolute Gasteiger partial charge is 0.387 e. The molecule has 0 radical (unpaired) electrons. The molecule has 1 aromatic rings. The molecule has 0 saturated heterocycles. The van der Waals surface area contributed by atoms with E-state index in [1.807, 2.05) is 0 Å². The maximum absolute atomic E-state index is 12.3. The van der Waals surface area contributed by atoms with Gasteiger partial charge in [0.2, 0.25) is 0 Å². The first kappa shape index (κ1) is 16.9. The lowest BCUT2D eigenvalue weighted by Gasteiger charge is -2.30. The Balaban J connectivity index is 3.01. The van der Waals surface area contributed by atoms with Gasteiger partial charge in [-0.3, -0.25) is 0 Å². The second-order valence-corrected chi connectivity index (χ2v) is 6.91. The quantitative estimate of drug-likeness (QED) is 0.889. The molecule has 2 N–H and O–H groups in total. The zero-order valence-electron chi connectivity index (χ0n) is 10.8. The molecule has 0 aliphatic carbocycles. The Kier molecular flexibility index (Phi) is 4.52. The number of halogens is 3. The van der Waals surface area contributed by atoms with Crippen LogP contribution in [0, 0.1) is 0 Å². The van der Waals surface area contributed by atoms with Gasteiger partial charge in [-0.05, 0) is 24.6 Å². The number of sulfone groups is 1. The molecule has 0 aliphatic rings. The molecule has 0 aromatic heterocycles. The number of hydrogen-bond acceptors (Lipinski definition) is 4. The van der Waals surface area contributed by atoms with E-state index in [1.54, 1.807) is 0 Å². The van der Waals surface area contributed by atoms with Crippen molar-refractivity contribution >= 4 is 9.84 Å². The first-order valence-corrected chi connectivity index (χ1v) is 7.49. The zero-order chi connectivity index (χ0) is 15.8. The summed E-state index contributed by atoms with van der Waals surface area (Å²) in [6.45, 7) is 0.871. The van der Waals surface area contributed by atoms with Gasteiger partial charge in [-0.2, -0.15) is 13.2 Å². The van der Waals surface area contributed by atoms with E-state index in [9.17, 15) is 31.8 Å². The van der Waals surface area contributed by atoms with Crippen molar-refractivity contribution in [1.82, 2.24) is 0 Å². The summed E-state index contributed by atoms with van der Waals surface area (Å²) < 4.78 is 59.4. The van der Waals surface area contributed by atoms with Gasteiger partial charge < -0.3 is 10.2 Å². The van der Waals surface area contributed by atoms with E-state index in [0.29, 0.717) is 0 Å². The van der Waals surface area contributed by atoms with E-state index in [-0.39, 0.29) is 10.5 Å². The minimum Gasteiger partial charge on any atom is -0.387 e. The average Bonchev–Trinajstić information content (AvgIpc) is 2.24. The Morgan fingerprint density at radius 1 is 1.20 bits per heavy atom. The predicted molar refractivity (Wildman–Crippen MR) is 65.8 cm³/mol. The lowest BCUT2D eigenvalue weighted by molar-refractivity contribution is -0.194. The molecular formula is C12H15F3O4S. The molecule has 1 aromatic carbocycles. The van der Waals surface area contributed by atoms with Crippen molar-refractivity contribution in [2.24, 2.45) is 0 Å². The molecular weight excluding hydrogens is 297 g/mol. The molecule has 2 atom stereocenters. The van der Waals surface area contributed by atoms with Gasteiger partial charge >= 0.3 is 6.18 Å². The first-order chi connectivity index (χ1) is 8.83. The molecule has 1 unspecified atom stereocenters. The molecule has 0 aliphatic heterocycles. The van der Waals surface area contributed by atoms with Crippen LogP contribution in [0.25, 0.3) is 0 Å². The maximum Gasteiger partial charge on any atom is 0.391 e. The van der Waals surface area contributed by atoms with Crippen molar-refractivity contribution in [3.05, 3.63) is 29.8 Å². The highest BCUT2D eigenvalue weighted by Gasteiger charge is 2.43. The minimum atomic E-state index is -4.63. The molecule has 0 bridgehead atoms. The van der Waals surface area contributed by atoms with Crippen LogP contribution in [0.15, 0.2) is 29.2 Å². The van der Waals surface area contributed by atoms with Crippen molar-refractivity contribution in [3.63, 3.8) is 0 Å². The first-order valence-electron chi connectivity index (χ1n) is 5.60. The van der Waals surface area contributed by atoms with E-state index in [4.69, 9.17) is 0 Å². The van der Waals surface area contributed by atoms with Gasteiger partial charge in [0.15, 0.2) is 9.84 Å². The SMILES string of the molecule is C[C@@](O)(CC(F)(F)F)C(O)c1ccc(S(C)(=O)=O)cc1. The van der Waals surface area contributed by atoms with E-state index in [2.05, 4.69) is 0 Å². The van der Waals surface area contributed by atoms with Gasteiger partial charge in [0.05, 0.1) is 11.3 Å².